The molecule has 0 saturated carbocycles. The van der Waals surface area contributed by atoms with Crippen LogP contribution in [-0.4, -0.2) is 118 Å². The van der Waals surface area contributed by atoms with Crippen molar-refractivity contribution in [3.8, 4) is 0 Å². The Morgan fingerprint density at radius 1 is 0.641 bits per heavy atom. The summed E-state index contributed by atoms with van der Waals surface area (Å²) in [5, 5.41) is 67.3. The van der Waals surface area contributed by atoms with E-state index >= 15 is 0 Å². The van der Waals surface area contributed by atoms with E-state index in [2.05, 4.69) is 46.4 Å². The zero-order valence-corrected chi connectivity index (χ0v) is 40.2. The number of esters is 2. The minimum atomic E-state index is -1.76. The summed E-state index contributed by atoms with van der Waals surface area (Å²) in [7, 11) is 0. The number of unbranched alkanes of at least 4 members (excludes halogenated alkanes) is 12. The molecule has 64 heavy (non-hydrogen) atoms. The molecule has 2 aliphatic rings. The Morgan fingerprint density at radius 3 is 1.66 bits per heavy atom. The highest BCUT2D eigenvalue weighted by atomic mass is 32.2. The molecule has 0 radical (unpaired) electrons. The van der Waals surface area contributed by atoms with Gasteiger partial charge in [0.2, 0.25) is 6.29 Å². The van der Waals surface area contributed by atoms with Crippen LogP contribution in [-0.2, 0) is 60.4 Å². The number of allylic oxidation sites excluding steroid dienone is 1. The monoisotopic (exact) mass is 962 g/mol. The Labute approximate surface area is 388 Å². The lowest BCUT2D eigenvalue weighted by atomic mass is 9.87. The molecule has 21 heteroatoms. The van der Waals surface area contributed by atoms with E-state index in [1.807, 2.05) is 6.92 Å². The van der Waals surface area contributed by atoms with Crippen LogP contribution in [0.2, 0.25) is 0 Å². The Hall–Kier alpha value is -1.22. The van der Waals surface area contributed by atoms with Crippen LogP contribution < -0.4 is 0 Å². The van der Waals surface area contributed by atoms with Gasteiger partial charge in [0.25, 0.3) is 0 Å². The number of hydrogen-bond donors (Lipinski definition) is 6. The molecule has 2 rings (SSSR count). The van der Waals surface area contributed by atoms with Gasteiger partial charge < -0.3 is 44.1 Å². The largest absolute Gasteiger partial charge is 0.453 e. The Bertz CT molecular complexity index is 1250. The topological polar surface area (TPSA) is 257 Å². The number of rotatable bonds is 36. The van der Waals surface area contributed by atoms with Crippen molar-refractivity contribution >= 4 is 36.6 Å². The van der Waals surface area contributed by atoms with Crippen LogP contribution in [0.4, 0.5) is 0 Å². The summed E-state index contributed by atoms with van der Waals surface area (Å²) >= 11 is 0.101. The van der Waals surface area contributed by atoms with Crippen LogP contribution in [0.3, 0.4) is 0 Å². The normalized spacial score (nSPS) is 27.8. The van der Waals surface area contributed by atoms with E-state index in [0.29, 0.717) is 18.3 Å². The number of ether oxygens (including phenoxy) is 5. The second-order valence-corrected chi connectivity index (χ2v) is 18.2. The molecule has 376 valence electrons. The lowest BCUT2D eigenvalue weighted by Crippen LogP contribution is -2.65. The number of aliphatic hydroxyl groups is 4. The van der Waals surface area contributed by atoms with Crippen LogP contribution in [0, 0.1) is 17.8 Å². The van der Waals surface area contributed by atoms with Crippen molar-refractivity contribution < 1.29 is 91.3 Å². The van der Waals surface area contributed by atoms with Crippen molar-refractivity contribution in [3.63, 3.8) is 0 Å². The van der Waals surface area contributed by atoms with Gasteiger partial charge in [-0.25, -0.2) is 15.3 Å². The second-order valence-electron chi connectivity index (χ2n) is 17.2. The molecule has 2 fully saturated rings. The maximum absolute atomic E-state index is 13.8. The highest BCUT2D eigenvalue weighted by molar-refractivity contribution is 7.90. The quantitative estimate of drug-likeness (QED) is 0.00880. The average Bonchev–Trinajstić information content (AvgIpc) is 3.26. The van der Waals surface area contributed by atoms with Gasteiger partial charge in [-0.3, -0.25) is 13.2 Å². The molecule has 0 aromatic carbocycles. The van der Waals surface area contributed by atoms with Crippen molar-refractivity contribution in [2.45, 2.75) is 219 Å². The van der Waals surface area contributed by atoms with Crippen LogP contribution >= 0.6 is 24.6 Å². The van der Waals surface area contributed by atoms with Gasteiger partial charge >= 0.3 is 11.9 Å². The molecule has 0 aliphatic carbocycles. The molecule has 0 amide bonds. The maximum Gasteiger partial charge on any atom is 0.333 e. The summed E-state index contributed by atoms with van der Waals surface area (Å²) in [5.41, 5.74) is 0.244. The summed E-state index contributed by atoms with van der Waals surface area (Å²) in [6.45, 7) is 10.8. The van der Waals surface area contributed by atoms with Gasteiger partial charge in [-0.05, 0) is 43.9 Å². The summed E-state index contributed by atoms with van der Waals surface area (Å²) in [4.78, 5) is 27.3. The van der Waals surface area contributed by atoms with Crippen molar-refractivity contribution in [1.82, 2.24) is 0 Å². The fourth-order valence-electron chi connectivity index (χ4n) is 8.36. The number of hydrogen-bond acceptors (Lipinski definition) is 21. The summed E-state index contributed by atoms with van der Waals surface area (Å²) in [5.74, 6) is -0.549. The first-order valence-corrected chi connectivity index (χ1v) is 24.4. The van der Waals surface area contributed by atoms with Gasteiger partial charge in [0, 0.05) is 12.0 Å². The summed E-state index contributed by atoms with van der Waals surface area (Å²) in [6, 6.07) is 0. The summed E-state index contributed by atoms with van der Waals surface area (Å²) < 4.78 is 49.2. The molecule has 2 saturated heterocycles. The lowest BCUT2D eigenvalue weighted by Gasteiger charge is -2.46. The fourth-order valence-corrected chi connectivity index (χ4v) is 9.08. The molecule has 6 N–H and O–H groups in total. The molecule has 13 atom stereocenters. The molecule has 10 unspecified atom stereocenters. The first-order chi connectivity index (χ1) is 30.8. The van der Waals surface area contributed by atoms with Crippen LogP contribution in [0.15, 0.2) is 11.6 Å². The van der Waals surface area contributed by atoms with Gasteiger partial charge in [0.05, 0.1) is 13.2 Å². The number of aliphatic hydroxyl groups excluding tert-OH is 4. The molecular formula is C43H78O19S2. The van der Waals surface area contributed by atoms with E-state index in [0.717, 1.165) is 51.4 Å². The zero-order chi connectivity index (χ0) is 47.3. The third-order valence-corrected chi connectivity index (χ3v) is 12.3. The lowest BCUT2D eigenvalue weighted by molar-refractivity contribution is -0.436. The van der Waals surface area contributed by atoms with E-state index < -0.39 is 86.6 Å². The van der Waals surface area contributed by atoms with Crippen LogP contribution in [0.1, 0.15) is 157 Å². The molecule has 2 heterocycles. The molecule has 19 nitrogen and oxygen atoms in total. The molecule has 0 spiro atoms. The maximum atomic E-state index is 13.8. The highest BCUT2D eigenvalue weighted by Crippen LogP contribution is 2.36. The molecule has 0 bridgehead atoms. The van der Waals surface area contributed by atoms with Gasteiger partial charge in [-0.2, -0.15) is 0 Å². The first kappa shape index (κ1) is 58.9. The molecule has 2 aliphatic heterocycles. The van der Waals surface area contributed by atoms with Gasteiger partial charge in [-0.1, -0.05) is 141 Å². The predicted molar refractivity (Wildman–Crippen MR) is 235 cm³/mol. The second kappa shape index (κ2) is 35.0. The smallest absolute Gasteiger partial charge is 0.333 e. The van der Waals surface area contributed by atoms with E-state index in [-0.39, 0.29) is 42.6 Å². The first-order valence-electron chi connectivity index (χ1n) is 23.1. The average molecular weight is 963 g/mol. The van der Waals surface area contributed by atoms with Crippen molar-refractivity contribution in [3.05, 3.63) is 11.6 Å². The molecule has 0 aromatic heterocycles. The predicted octanol–water partition coefficient (Wildman–Crippen LogP) is 7.64. The Morgan fingerprint density at radius 2 is 1.14 bits per heavy atom. The minimum absolute atomic E-state index is 0.00200. The Kier molecular flexibility index (Phi) is 32.2. The van der Waals surface area contributed by atoms with E-state index in [1.165, 1.54) is 51.4 Å². The van der Waals surface area contributed by atoms with E-state index in [1.54, 1.807) is 13.0 Å². The third kappa shape index (κ3) is 22.3. The highest BCUT2D eigenvalue weighted by Gasteiger charge is 2.55. The number of carbonyl (C=O) groups excluding carboxylic acids is 2. The minimum Gasteiger partial charge on any atom is -0.453 e. The van der Waals surface area contributed by atoms with Gasteiger partial charge in [0.15, 0.2) is 49.2 Å². The van der Waals surface area contributed by atoms with Crippen LogP contribution in [0.5, 0.6) is 0 Å². The standard InChI is InChI=1S/C43H78O19S2/c1-7-9-10-11-12-13-14-15-16-17-18-19-20-22-34(46)54-39-37(55-41(49)31(6)25-30(5)24-29(4)23-28(3)21-8-2)35(47)32(26-44)52-42(39)56-43-40(58-64-62-60-51)38(57-63-61-59-50)36(48)33(27-45)53-43/h25,28-30,32-33,35-40,42-45,47-48,50-51H,7-24,26-27H2,1-6H3/b31-25+/t28-,29-,30-,32?,33?,35?,36?,37?,38?,39?,40?,42?,43?/m0/s1. The van der Waals surface area contributed by atoms with Gasteiger partial charge in [-0.15, -0.1) is 8.67 Å². The van der Waals surface area contributed by atoms with Crippen molar-refractivity contribution in [2.75, 3.05) is 13.2 Å². The zero-order valence-electron chi connectivity index (χ0n) is 38.5. The summed E-state index contributed by atoms with van der Waals surface area (Å²) in [6.07, 6.45) is 4.06. The molecule has 0 aromatic rings. The van der Waals surface area contributed by atoms with Crippen molar-refractivity contribution in [2.24, 2.45) is 17.8 Å². The SMILES string of the molecule is CCCCCCCCCCCCCCCC(=O)OC1C(OC2OC(CO)C(O)C(OSOOO)C2OSOOO)OC(CO)C(O)C1OC(=O)/C(C)=C/[C@@H](C)C[C@@H](C)C[C@@H](C)CCC. The van der Waals surface area contributed by atoms with Crippen LogP contribution in [0.25, 0.3) is 0 Å². The Balaban J connectivity index is 2.32. The van der Waals surface area contributed by atoms with E-state index in [9.17, 15) is 30.0 Å². The van der Waals surface area contributed by atoms with E-state index in [4.69, 9.17) is 42.6 Å². The number of carbonyl (C=O) groups is 2. The van der Waals surface area contributed by atoms with Crippen molar-refractivity contribution in [1.29, 1.82) is 0 Å². The van der Waals surface area contributed by atoms with Gasteiger partial charge in [0.1, 0.15) is 30.5 Å². The molecular weight excluding hydrogens is 885 g/mol. The third-order valence-electron chi connectivity index (χ3n) is 11.5. The fraction of sp³-hybridized carbons (Fsp3) is 0.907.